The van der Waals surface area contributed by atoms with Gasteiger partial charge in [0, 0.05) is 29.1 Å². The van der Waals surface area contributed by atoms with Gasteiger partial charge in [-0.05, 0) is 37.1 Å². The van der Waals surface area contributed by atoms with Crippen molar-refractivity contribution in [1.82, 2.24) is 10.3 Å². The SMILES string of the molecule is Cc1ccccc1C(=O)NCCc1cc2cc3c(cc2[nH]c1=O)OCCO3. The van der Waals surface area contributed by atoms with Crippen molar-refractivity contribution in [2.75, 3.05) is 19.8 Å². The molecule has 27 heavy (non-hydrogen) atoms. The highest BCUT2D eigenvalue weighted by molar-refractivity contribution is 5.95. The molecular weight excluding hydrogens is 344 g/mol. The van der Waals surface area contributed by atoms with Crippen molar-refractivity contribution in [1.29, 1.82) is 0 Å². The number of ether oxygens (including phenoxy) is 2. The predicted octanol–water partition coefficient (Wildman–Crippen LogP) is 2.58. The van der Waals surface area contributed by atoms with Crippen LogP contribution < -0.4 is 20.3 Å². The number of rotatable bonds is 4. The molecule has 4 rings (SSSR count). The van der Waals surface area contributed by atoms with Gasteiger partial charge in [0.25, 0.3) is 11.5 Å². The fraction of sp³-hybridized carbons (Fsp3) is 0.238. The second kappa shape index (κ2) is 7.15. The van der Waals surface area contributed by atoms with Gasteiger partial charge in [0.1, 0.15) is 13.2 Å². The van der Waals surface area contributed by atoms with Gasteiger partial charge in [0.2, 0.25) is 0 Å². The molecule has 1 aromatic heterocycles. The van der Waals surface area contributed by atoms with E-state index in [1.54, 1.807) is 12.1 Å². The molecule has 0 aliphatic carbocycles. The highest BCUT2D eigenvalue weighted by Crippen LogP contribution is 2.33. The van der Waals surface area contributed by atoms with Crippen LogP contribution in [0.25, 0.3) is 10.9 Å². The monoisotopic (exact) mass is 364 g/mol. The first kappa shape index (κ1) is 17.1. The Hall–Kier alpha value is -3.28. The molecule has 0 saturated carbocycles. The van der Waals surface area contributed by atoms with Crippen molar-refractivity contribution in [2.45, 2.75) is 13.3 Å². The van der Waals surface area contributed by atoms with Crippen LogP contribution in [0, 0.1) is 6.92 Å². The van der Waals surface area contributed by atoms with Crippen LogP contribution in [-0.4, -0.2) is 30.6 Å². The number of aromatic nitrogens is 1. The molecule has 2 N–H and O–H groups in total. The molecule has 0 bridgehead atoms. The first-order chi connectivity index (χ1) is 13.1. The molecule has 6 nitrogen and oxygen atoms in total. The van der Waals surface area contributed by atoms with Gasteiger partial charge in [0.05, 0.1) is 5.52 Å². The summed E-state index contributed by atoms with van der Waals surface area (Å²) in [5.41, 5.74) is 2.73. The second-order valence-electron chi connectivity index (χ2n) is 6.53. The number of pyridine rings is 1. The topological polar surface area (TPSA) is 80.4 Å². The molecule has 6 heteroatoms. The van der Waals surface area contributed by atoms with Crippen LogP contribution in [-0.2, 0) is 6.42 Å². The Balaban J connectivity index is 1.50. The van der Waals surface area contributed by atoms with Crippen molar-refractivity contribution in [3.8, 4) is 11.5 Å². The number of carbonyl (C=O) groups excluding carboxylic acids is 1. The summed E-state index contributed by atoms with van der Waals surface area (Å²) in [5, 5.41) is 3.75. The Bertz CT molecular complexity index is 1070. The lowest BCUT2D eigenvalue weighted by molar-refractivity contribution is 0.0953. The first-order valence-electron chi connectivity index (χ1n) is 8.91. The number of hydrogen-bond acceptors (Lipinski definition) is 4. The first-order valence-corrected chi connectivity index (χ1v) is 8.91. The smallest absolute Gasteiger partial charge is 0.251 e. The van der Waals surface area contributed by atoms with E-state index in [-0.39, 0.29) is 11.5 Å². The summed E-state index contributed by atoms with van der Waals surface area (Å²) in [6.45, 7) is 3.29. The highest BCUT2D eigenvalue weighted by Gasteiger charge is 2.14. The van der Waals surface area contributed by atoms with Crippen LogP contribution in [0.1, 0.15) is 21.5 Å². The summed E-state index contributed by atoms with van der Waals surface area (Å²) in [6, 6.07) is 12.9. The zero-order valence-corrected chi connectivity index (χ0v) is 15.0. The van der Waals surface area contributed by atoms with Gasteiger partial charge in [-0.15, -0.1) is 0 Å². The Labute approximate surface area is 156 Å². The molecule has 1 amide bonds. The van der Waals surface area contributed by atoms with E-state index in [2.05, 4.69) is 10.3 Å². The summed E-state index contributed by atoms with van der Waals surface area (Å²) in [4.78, 5) is 27.5. The molecule has 138 valence electrons. The van der Waals surface area contributed by atoms with Crippen molar-refractivity contribution in [2.24, 2.45) is 0 Å². The van der Waals surface area contributed by atoms with Crippen molar-refractivity contribution >= 4 is 16.8 Å². The number of carbonyl (C=O) groups is 1. The van der Waals surface area contributed by atoms with E-state index in [4.69, 9.17) is 9.47 Å². The fourth-order valence-corrected chi connectivity index (χ4v) is 3.21. The van der Waals surface area contributed by atoms with Gasteiger partial charge in [-0.3, -0.25) is 9.59 Å². The molecular formula is C21H20N2O4. The highest BCUT2D eigenvalue weighted by atomic mass is 16.6. The third kappa shape index (κ3) is 3.51. The fourth-order valence-electron chi connectivity index (χ4n) is 3.21. The largest absolute Gasteiger partial charge is 0.486 e. The van der Waals surface area contributed by atoms with Gasteiger partial charge >= 0.3 is 0 Å². The van der Waals surface area contributed by atoms with E-state index in [0.29, 0.717) is 54.3 Å². The quantitative estimate of drug-likeness (QED) is 0.746. The summed E-state index contributed by atoms with van der Waals surface area (Å²) in [6.07, 6.45) is 0.442. The zero-order chi connectivity index (χ0) is 18.8. The summed E-state index contributed by atoms with van der Waals surface area (Å²) < 4.78 is 11.2. The maximum atomic E-state index is 12.4. The van der Waals surface area contributed by atoms with Crippen LogP contribution in [0.15, 0.2) is 47.3 Å². The van der Waals surface area contributed by atoms with Crippen molar-refractivity contribution in [3.05, 3.63) is 69.5 Å². The van der Waals surface area contributed by atoms with E-state index in [1.165, 1.54) is 0 Å². The summed E-state index contributed by atoms with van der Waals surface area (Å²) in [7, 11) is 0. The standard InChI is InChI=1S/C21H20N2O4/c1-13-4-2-3-5-16(13)21(25)22-7-6-14-10-15-11-18-19(27-9-8-26-18)12-17(15)23-20(14)24/h2-5,10-12H,6-9H2,1H3,(H,22,25)(H,23,24). The number of nitrogens with one attached hydrogen (secondary N) is 2. The minimum absolute atomic E-state index is 0.134. The molecule has 2 aromatic carbocycles. The molecule has 0 saturated heterocycles. The predicted molar refractivity (Wildman–Crippen MR) is 103 cm³/mol. The van der Waals surface area contributed by atoms with E-state index in [0.717, 1.165) is 10.9 Å². The number of fused-ring (bicyclic) bond motifs is 2. The Morgan fingerprint density at radius 2 is 1.85 bits per heavy atom. The molecule has 0 spiro atoms. The average molecular weight is 364 g/mol. The Kier molecular flexibility index (Phi) is 4.54. The lowest BCUT2D eigenvalue weighted by Gasteiger charge is -2.18. The molecule has 0 unspecified atom stereocenters. The van der Waals surface area contributed by atoms with Gasteiger partial charge < -0.3 is 19.8 Å². The molecule has 2 heterocycles. The molecule has 3 aromatic rings. The molecule has 0 fully saturated rings. The lowest BCUT2D eigenvalue weighted by atomic mass is 10.1. The molecule has 0 radical (unpaired) electrons. The van der Waals surface area contributed by atoms with Gasteiger partial charge in [-0.2, -0.15) is 0 Å². The molecule has 1 aliphatic rings. The van der Waals surface area contributed by atoms with Gasteiger partial charge in [-0.1, -0.05) is 18.2 Å². The average Bonchev–Trinajstić information content (AvgIpc) is 2.67. The van der Waals surface area contributed by atoms with E-state index in [1.807, 2.05) is 37.3 Å². The van der Waals surface area contributed by atoms with Gasteiger partial charge in [-0.25, -0.2) is 0 Å². The van der Waals surface area contributed by atoms with Crippen LogP contribution in [0.5, 0.6) is 11.5 Å². The van der Waals surface area contributed by atoms with E-state index < -0.39 is 0 Å². The van der Waals surface area contributed by atoms with Crippen molar-refractivity contribution in [3.63, 3.8) is 0 Å². The number of benzene rings is 2. The second-order valence-corrected chi connectivity index (χ2v) is 6.53. The van der Waals surface area contributed by atoms with Crippen LogP contribution in [0.3, 0.4) is 0 Å². The minimum atomic E-state index is -0.163. The molecule has 0 atom stereocenters. The Morgan fingerprint density at radius 3 is 2.63 bits per heavy atom. The van der Waals surface area contributed by atoms with Crippen LogP contribution in [0.2, 0.25) is 0 Å². The Morgan fingerprint density at radius 1 is 1.11 bits per heavy atom. The number of aromatic amines is 1. The third-order valence-electron chi connectivity index (χ3n) is 4.65. The number of H-pyrrole nitrogens is 1. The van der Waals surface area contributed by atoms with E-state index >= 15 is 0 Å². The minimum Gasteiger partial charge on any atom is -0.486 e. The number of hydrogen-bond donors (Lipinski definition) is 2. The third-order valence-corrected chi connectivity index (χ3v) is 4.65. The number of amides is 1. The maximum absolute atomic E-state index is 12.4. The normalized spacial score (nSPS) is 12.8. The maximum Gasteiger partial charge on any atom is 0.251 e. The zero-order valence-electron chi connectivity index (χ0n) is 15.0. The molecule has 1 aliphatic heterocycles. The van der Waals surface area contributed by atoms with Crippen molar-refractivity contribution < 1.29 is 14.3 Å². The number of aryl methyl sites for hydroxylation is 1. The van der Waals surface area contributed by atoms with Crippen LogP contribution >= 0.6 is 0 Å². The van der Waals surface area contributed by atoms with E-state index in [9.17, 15) is 9.59 Å². The van der Waals surface area contributed by atoms with Gasteiger partial charge in [0.15, 0.2) is 11.5 Å². The summed E-state index contributed by atoms with van der Waals surface area (Å²) >= 11 is 0. The van der Waals surface area contributed by atoms with Crippen LogP contribution in [0.4, 0.5) is 0 Å². The lowest BCUT2D eigenvalue weighted by Crippen LogP contribution is -2.28. The summed E-state index contributed by atoms with van der Waals surface area (Å²) in [5.74, 6) is 1.19.